The molecule has 47 heavy (non-hydrogen) atoms. The Labute approximate surface area is 270 Å². The van der Waals surface area contributed by atoms with Gasteiger partial charge in [0.25, 0.3) is 11.8 Å². The molecule has 7 N–H and O–H groups in total. The topological polar surface area (TPSA) is 211 Å². The molecular weight excluding hydrogens is 610 g/mol. The van der Waals surface area contributed by atoms with E-state index in [4.69, 9.17) is 4.74 Å². The summed E-state index contributed by atoms with van der Waals surface area (Å²) in [6.45, 7) is 5.88. The summed E-state index contributed by atoms with van der Waals surface area (Å²) in [5.41, 5.74) is 0.370. The van der Waals surface area contributed by atoms with Crippen LogP contribution in [0.15, 0.2) is 79.5 Å². The Balaban J connectivity index is 1.30. The molecule has 3 aromatic rings. The molecule has 1 aromatic heterocycles. The van der Waals surface area contributed by atoms with E-state index in [-0.39, 0.29) is 30.3 Å². The number of carbonyl (C=O) groups excluding carboxylic acids is 2. The number of nitrogens with zero attached hydrogens (tertiary/aromatic N) is 4. The fourth-order valence-electron chi connectivity index (χ4n) is 5.91. The fourth-order valence-corrected chi connectivity index (χ4v) is 5.91. The maximum atomic E-state index is 13.6. The second-order valence-corrected chi connectivity index (χ2v) is 11.7. The molecule has 3 heterocycles. The zero-order chi connectivity index (χ0) is 33.9. The van der Waals surface area contributed by atoms with Crippen LogP contribution in [0.1, 0.15) is 36.1 Å². The van der Waals surface area contributed by atoms with Crippen LogP contribution in [-0.2, 0) is 26.5 Å². The van der Waals surface area contributed by atoms with Gasteiger partial charge in [-0.25, -0.2) is 0 Å². The van der Waals surface area contributed by atoms with Gasteiger partial charge in [0.15, 0.2) is 18.0 Å². The smallest absolute Gasteiger partial charge is 0.264 e. The minimum absolute atomic E-state index is 0.116. The molecule has 250 valence electrons. The van der Waals surface area contributed by atoms with E-state index in [2.05, 4.69) is 22.2 Å². The number of rotatable bonds is 12. The van der Waals surface area contributed by atoms with Crippen molar-refractivity contribution >= 4 is 23.2 Å². The number of anilines is 2. The molecule has 0 aliphatic carbocycles. The van der Waals surface area contributed by atoms with Crippen LogP contribution < -0.4 is 10.2 Å². The van der Waals surface area contributed by atoms with Gasteiger partial charge < -0.3 is 45.6 Å². The van der Waals surface area contributed by atoms with E-state index >= 15 is 0 Å². The minimum atomic E-state index is -2.00. The fraction of sp³-hybridized carbons (Fsp3) is 0.394. The van der Waals surface area contributed by atoms with Crippen LogP contribution in [0.3, 0.4) is 0 Å². The number of amides is 2. The number of aryl methyl sites for hydroxylation is 1. The summed E-state index contributed by atoms with van der Waals surface area (Å²) in [5.74, 6) is -2.51. The molecule has 8 atom stereocenters. The van der Waals surface area contributed by atoms with E-state index in [1.807, 2.05) is 36.4 Å². The van der Waals surface area contributed by atoms with Gasteiger partial charge in [-0.05, 0) is 30.2 Å². The number of carbonyl (C=O) groups is 2. The number of ether oxygens (including phenoxy) is 1. The molecule has 5 rings (SSSR count). The standard InChI is InChI=1S/C33H39N5O9/c1-3-14-38-25-13-12-21(34-30(43)29-27(41)26(40)28(42)31(44)47-29)16-23(25)33(46,32(38)45)19(2)9-7-8-15-37-17-24(35-36-37)22(18-39)20-10-5-4-6-11-20/h3-7,9-13,16-17,19,22,26-29,31,39-42,44,46H,1,8,14-15,18H2,2H3,(H,34,43)/b9-7+/t19-,22?,26-,27-,28+,29-,31+,33+/m0/s1. The molecule has 0 saturated carbocycles. The van der Waals surface area contributed by atoms with Crippen molar-refractivity contribution in [2.45, 2.75) is 62.1 Å². The van der Waals surface area contributed by atoms with Crippen LogP contribution in [0.4, 0.5) is 11.4 Å². The van der Waals surface area contributed by atoms with Gasteiger partial charge in [-0.15, -0.1) is 11.7 Å². The predicted molar refractivity (Wildman–Crippen MR) is 169 cm³/mol. The largest absolute Gasteiger partial charge is 0.395 e. The van der Waals surface area contributed by atoms with Crippen LogP contribution >= 0.6 is 0 Å². The lowest BCUT2D eigenvalue weighted by molar-refractivity contribution is -0.274. The van der Waals surface area contributed by atoms with E-state index in [0.29, 0.717) is 24.3 Å². The molecule has 0 radical (unpaired) electrons. The molecule has 14 nitrogen and oxygen atoms in total. The maximum Gasteiger partial charge on any atom is 0.264 e. The summed E-state index contributed by atoms with van der Waals surface area (Å²) < 4.78 is 6.67. The van der Waals surface area contributed by atoms with Crippen molar-refractivity contribution in [2.75, 3.05) is 23.4 Å². The highest BCUT2D eigenvalue weighted by molar-refractivity contribution is 6.08. The SMILES string of the molecule is C=CCN1C(=O)[C@@](O)([C@@H](C)/C=C/CCn2cc(C(CO)c3ccccc3)nn2)c2cc(NC(=O)[C@H]3O[C@@H](O)[C@H](O)[C@@H](O)[C@@H]3O)ccc21. The summed E-state index contributed by atoms with van der Waals surface area (Å²) in [6, 6.07) is 14.0. The van der Waals surface area contributed by atoms with Gasteiger partial charge in [0.1, 0.15) is 18.3 Å². The quantitative estimate of drug-likeness (QED) is 0.131. The number of hydrogen-bond donors (Lipinski definition) is 7. The van der Waals surface area contributed by atoms with Crippen molar-refractivity contribution in [1.29, 1.82) is 0 Å². The molecule has 14 heteroatoms. The molecule has 2 aliphatic rings. The van der Waals surface area contributed by atoms with Gasteiger partial charge in [-0.1, -0.05) is 60.7 Å². The van der Waals surface area contributed by atoms with Crippen LogP contribution in [0.2, 0.25) is 0 Å². The average Bonchev–Trinajstić information content (AvgIpc) is 3.62. The molecule has 0 spiro atoms. The highest BCUT2D eigenvalue weighted by Gasteiger charge is 2.52. The number of nitrogens with one attached hydrogen (secondary N) is 1. The number of benzene rings is 2. The first-order valence-corrected chi connectivity index (χ1v) is 15.2. The summed E-state index contributed by atoms with van der Waals surface area (Å²) in [7, 11) is 0. The Kier molecular flexibility index (Phi) is 10.3. The number of fused-ring (bicyclic) bond motifs is 1. The Bertz CT molecular complexity index is 1610. The van der Waals surface area contributed by atoms with Gasteiger partial charge in [0, 0.05) is 36.5 Å². The molecule has 1 unspecified atom stereocenters. The second kappa shape index (κ2) is 14.2. The lowest BCUT2D eigenvalue weighted by Gasteiger charge is -2.37. The Morgan fingerprint density at radius 2 is 1.87 bits per heavy atom. The van der Waals surface area contributed by atoms with E-state index in [9.17, 15) is 40.2 Å². The first-order valence-electron chi connectivity index (χ1n) is 15.2. The van der Waals surface area contributed by atoms with Gasteiger partial charge in [-0.3, -0.25) is 14.3 Å². The summed E-state index contributed by atoms with van der Waals surface area (Å²) in [5, 5.41) is 72.5. The number of aliphatic hydroxyl groups is 6. The highest BCUT2D eigenvalue weighted by Crippen LogP contribution is 2.46. The van der Waals surface area contributed by atoms with Crippen molar-refractivity contribution in [2.24, 2.45) is 5.92 Å². The van der Waals surface area contributed by atoms with E-state index in [1.54, 1.807) is 29.9 Å². The maximum absolute atomic E-state index is 13.6. The second-order valence-electron chi connectivity index (χ2n) is 11.7. The van der Waals surface area contributed by atoms with Gasteiger partial charge >= 0.3 is 0 Å². The summed E-state index contributed by atoms with van der Waals surface area (Å²) >= 11 is 0. The molecule has 1 fully saturated rings. The van der Waals surface area contributed by atoms with Crippen LogP contribution in [0, 0.1) is 5.92 Å². The highest BCUT2D eigenvalue weighted by atomic mass is 16.6. The van der Waals surface area contributed by atoms with E-state index in [1.165, 1.54) is 23.1 Å². The van der Waals surface area contributed by atoms with E-state index < -0.39 is 54.0 Å². The Morgan fingerprint density at radius 3 is 2.57 bits per heavy atom. The average molecular weight is 650 g/mol. The third kappa shape index (κ3) is 6.62. The van der Waals surface area contributed by atoms with Crippen LogP contribution in [-0.4, -0.2) is 101 Å². The number of hydrogen-bond acceptors (Lipinski definition) is 11. The molecular formula is C33H39N5O9. The lowest BCUT2D eigenvalue weighted by atomic mass is 9.82. The molecule has 0 bridgehead atoms. The third-order valence-electron chi connectivity index (χ3n) is 8.60. The summed E-state index contributed by atoms with van der Waals surface area (Å²) in [6.07, 6.45) is -1.68. The Hall–Kier alpha value is -4.28. The van der Waals surface area contributed by atoms with Crippen molar-refractivity contribution in [3.05, 3.63) is 96.4 Å². The normalized spacial score (nSPS) is 27.1. The van der Waals surface area contributed by atoms with E-state index in [0.717, 1.165) is 5.56 Å². The van der Waals surface area contributed by atoms with Crippen molar-refractivity contribution < 1.29 is 45.0 Å². The zero-order valence-electron chi connectivity index (χ0n) is 25.7. The number of aromatic nitrogens is 3. The third-order valence-corrected chi connectivity index (χ3v) is 8.60. The molecule has 1 saturated heterocycles. The van der Waals surface area contributed by atoms with Crippen LogP contribution in [0.5, 0.6) is 0 Å². The van der Waals surface area contributed by atoms with Crippen LogP contribution in [0.25, 0.3) is 0 Å². The first kappa shape index (κ1) is 34.1. The van der Waals surface area contributed by atoms with Crippen molar-refractivity contribution in [3.63, 3.8) is 0 Å². The first-order chi connectivity index (χ1) is 22.5. The monoisotopic (exact) mass is 649 g/mol. The minimum Gasteiger partial charge on any atom is -0.395 e. The van der Waals surface area contributed by atoms with Gasteiger partial charge in [0.2, 0.25) is 0 Å². The Morgan fingerprint density at radius 1 is 1.13 bits per heavy atom. The molecule has 2 amide bonds. The molecule has 2 aliphatic heterocycles. The number of aliphatic hydroxyl groups excluding tert-OH is 5. The molecule has 2 aromatic carbocycles. The number of allylic oxidation sites excluding steroid dienone is 1. The summed E-state index contributed by atoms with van der Waals surface area (Å²) in [4.78, 5) is 28.0. The zero-order valence-corrected chi connectivity index (χ0v) is 25.7. The predicted octanol–water partition coefficient (Wildman–Crippen LogP) is 0.144. The van der Waals surface area contributed by atoms with Gasteiger partial charge in [-0.2, -0.15) is 0 Å². The van der Waals surface area contributed by atoms with Crippen molar-refractivity contribution in [1.82, 2.24) is 15.0 Å². The van der Waals surface area contributed by atoms with Crippen molar-refractivity contribution in [3.8, 4) is 0 Å². The van der Waals surface area contributed by atoms with Gasteiger partial charge in [0.05, 0.1) is 23.9 Å². The lowest BCUT2D eigenvalue weighted by Crippen LogP contribution is -2.60.